The summed E-state index contributed by atoms with van der Waals surface area (Å²) in [5, 5.41) is 63.5. The maximum Gasteiger partial charge on any atom is 0.186 e. The number of ether oxygens (including phenoxy) is 2. The fourth-order valence-electron chi connectivity index (χ4n) is 12.3. The molecule has 15 atom stereocenters. The van der Waals surface area contributed by atoms with Crippen molar-refractivity contribution in [2.45, 2.75) is 149 Å². The van der Waals surface area contributed by atoms with Crippen molar-refractivity contribution in [3.8, 4) is 0 Å². The molecule has 6 N–H and O–H groups in total. The summed E-state index contributed by atoms with van der Waals surface area (Å²) in [6.45, 7) is 16.0. The van der Waals surface area contributed by atoms with Gasteiger partial charge in [-0.1, -0.05) is 60.1 Å². The van der Waals surface area contributed by atoms with Crippen LogP contribution in [0.3, 0.4) is 0 Å². The van der Waals surface area contributed by atoms with Gasteiger partial charge in [0.25, 0.3) is 0 Å². The first-order valence-corrected chi connectivity index (χ1v) is 17.4. The fraction of sp³-hybridized carbons (Fsp3) is 0.944. The van der Waals surface area contributed by atoms with Crippen LogP contribution < -0.4 is 0 Å². The zero-order valence-electron chi connectivity index (χ0n) is 28.1. The monoisotopic (exact) mass is 620 g/mol. The first-order chi connectivity index (χ1) is 20.4. The van der Waals surface area contributed by atoms with Crippen molar-refractivity contribution >= 4 is 0 Å². The maximum atomic E-state index is 11.4. The smallest absolute Gasteiger partial charge is 0.186 e. The highest BCUT2D eigenvalue weighted by Gasteiger charge is 2.69. The highest BCUT2D eigenvalue weighted by atomic mass is 16.7. The molecule has 1 aliphatic heterocycles. The molecular weight excluding hydrogens is 560 g/mol. The van der Waals surface area contributed by atoms with Gasteiger partial charge in [-0.15, -0.1) is 0 Å². The first kappa shape index (κ1) is 33.3. The molecule has 0 radical (unpaired) electrons. The van der Waals surface area contributed by atoms with Crippen LogP contribution in [0.4, 0.5) is 0 Å². The third-order valence-electron chi connectivity index (χ3n) is 15.3. The quantitative estimate of drug-likeness (QED) is 0.205. The third kappa shape index (κ3) is 4.44. The molecule has 8 nitrogen and oxygen atoms in total. The highest BCUT2D eigenvalue weighted by molar-refractivity contribution is 5.34. The van der Waals surface area contributed by atoms with Crippen LogP contribution in [-0.2, 0) is 9.47 Å². The summed E-state index contributed by atoms with van der Waals surface area (Å²) in [5.74, 6) is 1.02. The van der Waals surface area contributed by atoms with E-state index in [4.69, 9.17) is 9.47 Å². The predicted molar refractivity (Wildman–Crippen MR) is 166 cm³/mol. The Kier molecular flexibility index (Phi) is 8.11. The van der Waals surface area contributed by atoms with Gasteiger partial charge in [0.2, 0.25) is 0 Å². The summed E-state index contributed by atoms with van der Waals surface area (Å²) in [5.41, 5.74) is 1.17. The minimum atomic E-state index is -1.49. The molecule has 1 heterocycles. The summed E-state index contributed by atoms with van der Waals surface area (Å²) in [6, 6.07) is 0. The molecule has 0 spiro atoms. The summed E-state index contributed by atoms with van der Waals surface area (Å²) in [4.78, 5) is 0. The molecule has 8 heteroatoms. The number of rotatable bonds is 4. The molecule has 4 saturated carbocycles. The van der Waals surface area contributed by atoms with E-state index in [2.05, 4.69) is 54.5 Å². The van der Waals surface area contributed by atoms with Gasteiger partial charge >= 0.3 is 0 Å². The molecule has 44 heavy (non-hydrogen) atoms. The Hall–Kier alpha value is -0.580. The third-order valence-corrected chi connectivity index (χ3v) is 15.3. The average Bonchev–Trinajstić information content (AvgIpc) is 2.96. The van der Waals surface area contributed by atoms with Crippen LogP contribution in [0.5, 0.6) is 0 Å². The Morgan fingerprint density at radius 2 is 1.50 bits per heavy atom. The molecular formula is C36H60O8. The predicted octanol–water partition coefficient (Wildman–Crippen LogP) is 3.94. The summed E-state index contributed by atoms with van der Waals surface area (Å²) in [6.07, 6.45) is 4.06. The Balaban J connectivity index is 1.30. The van der Waals surface area contributed by atoms with Crippen LogP contribution >= 0.6 is 0 Å². The van der Waals surface area contributed by atoms with E-state index in [1.54, 1.807) is 5.57 Å². The lowest BCUT2D eigenvalue weighted by Gasteiger charge is -2.72. The molecule has 5 aliphatic carbocycles. The topological polar surface area (TPSA) is 140 Å². The van der Waals surface area contributed by atoms with Gasteiger partial charge < -0.3 is 40.1 Å². The van der Waals surface area contributed by atoms with E-state index >= 15 is 0 Å². The summed E-state index contributed by atoms with van der Waals surface area (Å²) < 4.78 is 12.2. The van der Waals surface area contributed by atoms with Crippen molar-refractivity contribution in [1.29, 1.82) is 0 Å². The van der Waals surface area contributed by atoms with Gasteiger partial charge in [0, 0.05) is 10.8 Å². The largest absolute Gasteiger partial charge is 0.396 e. The van der Waals surface area contributed by atoms with Crippen LogP contribution in [0.2, 0.25) is 0 Å². The van der Waals surface area contributed by atoms with Crippen molar-refractivity contribution in [1.82, 2.24) is 0 Å². The van der Waals surface area contributed by atoms with Crippen LogP contribution in [0.15, 0.2) is 11.6 Å². The lowest BCUT2D eigenvalue weighted by Crippen LogP contribution is -2.67. The average molecular weight is 621 g/mol. The lowest BCUT2D eigenvalue weighted by atomic mass is 9.33. The summed E-state index contributed by atoms with van der Waals surface area (Å²) >= 11 is 0. The minimum absolute atomic E-state index is 0.0309. The van der Waals surface area contributed by atoms with Crippen molar-refractivity contribution in [3.63, 3.8) is 0 Å². The van der Waals surface area contributed by atoms with E-state index in [0.717, 1.165) is 51.4 Å². The molecule has 3 unspecified atom stereocenters. The highest BCUT2D eigenvalue weighted by Crippen LogP contribution is 2.75. The number of allylic oxidation sites excluding steroid dienone is 2. The second kappa shape index (κ2) is 10.7. The maximum absolute atomic E-state index is 11.4. The van der Waals surface area contributed by atoms with E-state index in [0.29, 0.717) is 18.3 Å². The van der Waals surface area contributed by atoms with Crippen LogP contribution in [0, 0.1) is 50.2 Å². The summed E-state index contributed by atoms with van der Waals surface area (Å²) in [7, 11) is 0. The van der Waals surface area contributed by atoms with E-state index in [1.165, 1.54) is 0 Å². The molecule has 1 saturated heterocycles. The van der Waals surface area contributed by atoms with E-state index in [9.17, 15) is 30.6 Å². The SMILES string of the molecule is CC1(C)CC2C3=CCC4[C@@]5(C)CC[C@H](O[C@@H]6O[C@H](CO)[C@@H](O)[C@H](O)[C@H]6O)[C@@](C)(CO)C5CC[C@@]4(C)[C@]3(C)CC[C@@]2(C)[C@H](O)C1. The van der Waals surface area contributed by atoms with Crippen molar-refractivity contribution in [2.75, 3.05) is 13.2 Å². The van der Waals surface area contributed by atoms with Gasteiger partial charge in [-0.25, -0.2) is 0 Å². The molecule has 0 bridgehead atoms. The zero-order valence-corrected chi connectivity index (χ0v) is 28.1. The number of fused-ring (bicyclic) bond motifs is 7. The van der Waals surface area contributed by atoms with Gasteiger partial charge in [0.15, 0.2) is 6.29 Å². The molecule has 0 aromatic rings. The van der Waals surface area contributed by atoms with Gasteiger partial charge in [-0.3, -0.25) is 0 Å². The minimum Gasteiger partial charge on any atom is -0.396 e. The second-order valence-corrected chi connectivity index (χ2v) is 18.0. The molecule has 0 aromatic carbocycles. The molecule has 0 aromatic heterocycles. The van der Waals surface area contributed by atoms with Gasteiger partial charge in [0.05, 0.1) is 25.4 Å². The van der Waals surface area contributed by atoms with Crippen molar-refractivity contribution in [2.24, 2.45) is 50.2 Å². The van der Waals surface area contributed by atoms with Crippen LogP contribution in [0.1, 0.15) is 106 Å². The van der Waals surface area contributed by atoms with Crippen LogP contribution in [-0.4, -0.2) is 86.8 Å². The van der Waals surface area contributed by atoms with Crippen molar-refractivity contribution < 1.29 is 40.1 Å². The molecule has 252 valence electrons. The molecule has 5 fully saturated rings. The van der Waals surface area contributed by atoms with Gasteiger partial charge in [-0.2, -0.15) is 0 Å². The Morgan fingerprint density at radius 1 is 0.795 bits per heavy atom. The van der Waals surface area contributed by atoms with Gasteiger partial charge in [0.1, 0.15) is 24.4 Å². The molecule has 6 rings (SSSR count). The standard InChI is InChI=1S/C36H60O8/c1-31(2)16-21-20-8-9-24-33(4)12-11-26(44-30-29(42)28(41)27(40)22(18-37)43-30)34(5,19-38)23(33)10-13-36(24,7)35(20,6)15-14-32(21,3)25(39)17-31/h8,21-30,37-42H,9-19H2,1-7H3/t21?,22-,23?,24?,25-,26+,27-,28+,29-,30+,32-,33+,34+,35-,36-/m1/s1. The van der Waals surface area contributed by atoms with Crippen molar-refractivity contribution in [3.05, 3.63) is 11.6 Å². The number of aliphatic hydroxyl groups is 6. The normalized spacial score (nSPS) is 56.9. The first-order valence-electron chi connectivity index (χ1n) is 17.4. The fourth-order valence-corrected chi connectivity index (χ4v) is 12.3. The molecule has 0 amide bonds. The van der Waals surface area contributed by atoms with Gasteiger partial charge in [-0.05, 0) is 97.2 Å². The molecule has 6 aliphatic rings. The zero-order chi connectivity index (χ0) is 32.3. The number of aliphatic hydroxyl groups excluding tert-OH is 6. The lowest BCUT2D eigenvalue weighted by molar-refractivity contribution is -0.333. The second-order valence-electron chi connectivity index (χ2n) is 18.0. The van der Waals surface area contributed by atoms with E-state index in [1.807, 2.05) is 0 Å². The van der Waals surface area contributed by atoms with Crippen LogP contribution in [0.25, 0.3) is 0 Å². The number of hydrogen-bond acceptors (Lipinski definition) is 8. The Bertz CT molecular complexity index is 1140. The number of hydrogen-bond donors (Lipinski definition) is 6. The Labute approximate surface area is 264 Å². The van der Waals surface area contributed by atoms with E-state index < -0.39 is 48.8 Å². The Morgan fingerprint density at radius 3 is 2.16 bits per heavy atom. The van der Waals surface area contributed by atoms with E-state index in [-0.39, 0.29) is 45.7 Å².